The summed E-state index contributed by atoms with van der Waals surface area (Å²) in [7, 11) is -3.87. The maximum absolute atomic E-state index is 12.5. The van der Waals surface area contributed by atoms with Crippen LogP contribution in [0.25, 0.3) is 0 Å². The Morgan fingerprint density at radius 1 is 1.19 bits per heavy atom. The van der Waals surface area contributed by atoms with Crippen LogP contribution in [0, 0.1) is 11.3 Å². The lowest BCUT2D eigenvalue weighted by molar-refractivity contribution is 0.0857. The Hall–Kier alpha value is -2.89. The zero-order valence-electron chi connectivity index (χ0n) is 14.5. The Morgan fingerprint density at radius 2 is 1.93 bits per heavy atom. The molecule has 0 bridgehead atoms. The molecule has 1 fully saturated rings. The molecule has 8 heteroatoms. The van der Waals surface area contributed by atoms with Crippen LogP contribution in [-0.4, -0.2) is 33.6 Å². The van der Waals surface area contributed by atoms with Gasteiger partial charge in [-0.1, -0.05) is 12.1 Å². The summed E-state index contributed by atoms with van der Waals surface area (Å²) in [5.41, 5.74) is 0.800. The van der Waals surface area contributed by atoms with Crippen molar-refractivity contribution in [2.24, 2.45) is 0 Å². The molecule has 0 radical (unpaired) electrons. The number of para-hydroxylation sites is 1. The summed E-state index contributed by atoms with van der Waals surface area (Å²) in [6, 6.07) is 13.9. The number of carbonyl (C=O) groups excluding carboxylic acids is 1. The van der Waals surface area contributed by atoms with Gasteiger partial charge in [0.05, 0.1) is 22.3 Å². The minimum Gasteiger partial charge on any atom is -0.376 e. The van der Waals surface area contributed by atoms with Crippen molar-refractivity contribution in [1.82, 2.24) is 5.32 Å². The van der Waals surface area contributed by atoms with Gasteiger partial charge in [0.1, 0.15) is 6.07 Å². The first kappa shape index (κ1) is 18.9. The van der Waals surface area contributed by atoms with Gasteiger partial charge in [-0.3, -0.25) is 9.52 Å². The van der Waals surface area contributed by atoms with Gasteiger partial charge in [-0.25, -0.2) is 8.42 Å². The number of nitrogens with one attached hydrogen (secondary N) is 2. The lowest BCUT2D eigenvalue weighted by atomic mass is 10.2. The van der Waals surface area contributed by atoms with E-state index in [0.717, 1.165) is 19.4 Å². The number of nitriles is 1. The van der Waals surface area contributed by atoms with Gasteiger partial charge in [0.2, 0.25) is 0 Å². The van der Waals surface area contributed by atoms with Crippen LogP contribution in [0.4, 0.5) is 5.69 Å². The minimum absolute atomic E-state index is 0.00548. The van der Waals surface area contributed by atoms with Gasteiger partial charge in [0.25, 0.3) is 15.9 Å². The molecule has 0 aromatic heterocycles. The van der Waals surface area contributed by atoms with Crippen LogP contribution < -0.4 is 10.0 Å². The maximum atomic E-state index is 12.5. The van der Waals surface area contributed by atoms with Gasteiger partial charge in [-0.05, 0) is 49.2 Å². The first-order chi connectivity index (χ1) is 13.0. The second kappa shape index (κ2) is 8.20. The third-order valence-corrected chi connectivity index (χ3v) is 5.61. The zero-order valence-corrected chi connectivity index (χ0v) is 15.3. The zero-order chi connectivity index (χ0) is 19.3. The van der Waals surface area contributed by atoms with E-state index >= 15 is 0 Å². The average Bonchev–Trinajstić information content (AvgIpc) is 3.20. The summed E-state index contributed by atoms with van der Waals surface area (Å²) in [6.45, 7) is 1.15. The second-order valence-electron chi connectivity index (χ2n) is 6.13. The molecule has 2 N–H and O–H groups in total. The van der Waals surface area contributed by atoms with Gasteiger partial charge in [0, 0.05) is 18.7 Å². The summed E-state index contributed by atoms with van der Waals surface area (Å²) < 4.78 is 32.9. The molecule has 1 saturated heterocycles. The van der Waals surface area contributed by atoms with Gasteiger partial charge < -0.3 is 10.1 Å². The van der Waals surface area contributed by atoms with Gasteiger partial charge in [-0.15, -0.1) is 0 Å². The molecule has 7 nitrogen and oxygen atoms in total. The van der Waals surface area contributed by atoms with Crippen LogP contribution in [0.3, 0.4) is 0 Å². The van der Waals surface area contributed by atoms with Crippen molar-refractivity contribution in [2.45, 2.75) is 23.8 Å². The van der Waals surface area contributed by atoms with E-state index in [1.165, 1.54) is 36.4 Å². The van der Waals surface area contributed by atoms with E-state index in [0.29, 0.717) is 12.1 Å². The Kier molecular flexibility index (Phi) is 5.74. The van der Waals surface area contributed by atoms with Crippen LogP contribution in [0.2, 0.25) is 0 Å². The number of hydrogen-bond acceptors (Lipinski definition) is 5. The third-order valence-electron chi connectivity index (χ3n) is 4.23. The fraction of sp³-hybridized carbons (Fsp3) is 0.263. The summed E-state index contributed by atoms with van der Waals surface area (Å²) in [6.07, 6.45) is 1.96. The predicted octanol–water partition coefficient (Wildman–Crippen LogP) is 2.27. The molecule has 3 rings (SSSR count). The van der Waals surface area contributed by atoms with E-state index < -0.39 is 10.0 Å². The molecule has 0 saturated carbocycles. The van der Waals surface area contributed by atoms with E-state index in [1.54, 1.807) is 12.1 Å². The first-order valence-corrected chi connectivity index (χ1v) is 10.00. The molecule has 2 aromatic rings. The Labute approximate surface area is 158 Å². The number of carbonyl (C=O) groups is 1. The van der Waals surface area contributed by atoms with Crippen molar-refractivity contribution < 1.29 is 17.9 Å². The molecular formula is C19H19N3O4S. The van der Waals surface area contributed by atoms with E-state index in [2.05, 4.69) is 10.0 Å². The highest BCUT2D eigenvalue weighted by Crippen LogP contribution is 2.20. The molecule has 0 aliphatic carbocycles. The average molecular weight is 385 g/mol. The summed E-state index contributed by atoms with van der Waals surface area (Å²) in [5, 5.41) is 11.9. The highest BCUT2D eigenvalue weighted by atomic mass is 32.2. The first-order valence-electron chi connectivity index (χ1n) is 8.51. The van der Waals surface area contributed by atoms with Crippen LogP contribution in [-0.2, 0) is 14.8 Å². The Bertz CT molecular complexity index is 959. The van der Waals surface area contributed by atoms with Crippen LogP contribution in [0.1, 0.15) is 28.8 Å². The Balaban J connectivity index is 1.68. The molecule has 2 aromatic carbocycles. The summed E-state index contributed by atoms with van der Waals surface area (Å²) >= 11 is 0. The standard InChI is InChI=1S/C19H19N3O4S/c20-12-15-4-1-2-6-18(15)22-27(24,25)17-9-7-14(8-10-17)19(23)21-13-16-5-3-11-26-16/h1-2,4,6-10,16,22H,3,5,11,13H2,(H,21,23). The molecule has 27 heavy (non-hydrogen) atoms. The van der Waals surface area contributed by atoms with E-state index in [9.17, 15) is 13.2 Å². The molecule has 0 spiro atoms. The van der Waals surface area contributed by atoms with Crippen molar-refractivity contribution in [3.05, 3.63) is 59.7 Å². The summed E-state index contributed by atoms with van der Waals surface area (Å²) in [5.74, 6) is -0.280. The van der Waals surface area contributed by atoms with Crippen LogP contribution in [0.15, 0.2) is 53.4 Å². The van der Waals surface area contributed by atoms with Gasteiger partial charge >= 0.3 is 0 Å². The number of nitrogens with zero attached hydrogens (tertiary/aromatic N) is 1. The number of ether oxygens (including phenoxy) is 1. The summed E-state index contributed by atoms with van der Waals surface area (Å²) in [4.78, 5) is 12.2. The number of sulfonamides is 1. The lowest BCUT2D eigenvalue weighted by Crippen LogP contribution is -2.31. The molecule has 1 amide bonds. The number of rotatable bonds is 6. The van der Waals surface area contributed by atoms with E-state index in [1.807, 2.05) is 6.07 Å². The van der Waals surface area contributed by atoms with E-state index in [-0.39, 0.29) is 28.2 Å². The van der Waals surface area contributed by atoms with Crippen molar-refractivity contribution in [3.63, 3.8) is 0 Å². The predicted molar refractivity (Wildman–Crippen MR) is 99.7 cm³/mol. The molecule has 1 aliphatic rings. The van der Waals surface area contributed by atoms with E-state index in [4.69, 9.17) is 10.00 Å². The topological polar surface area (TPSA) is 108 Å². The SMILES string of the molecule is N#Cc1ccccc1NS(=O)(=O)c1ccc(C(=O)NCC2CCCO2)cc1. The number of benzene rings is 2. The lowest BCUT2D eigenvalue weighted by Gasteiger charge is -2.12. The van der Waals surface area contributed by atoms with Crippen molar-refractivity contribution >= 4 is 21.6 Å². The Morgan fingerprint density at radius 3 is 2.59 bits per heavy atom. The van der Waals surface area contributed by atoms with Crippen molar-refractivity contribution in [1.29, 1.82) is 5.26 Å². The smallest absolute Gasteiger partial charge is 0.261 e. The molecule has 1 heterocycles. The number of amides is 1. The van der Waals surface area contributed by atoms with Crippen LogP contribution >= 0.6 is 0 Å². The second-order valence-corrected chi connectivity index (χ2v) is 7.81. The molecular weight excluding hydrogens is 366 g/mol. The monoisotopic (exact) mass is 385 g/mol. The highest BCUT2D eigenvalue weighted by molar-refractivity contribution is 7.92. The fourth-order valence-electron chi connectivity index (χ4n) is 2.77. The van der Waals surface area contributed by atoms with Gasteiger partial charge in [-0.2, -0.15) is 5.26 Å². The normalized spacial score (nSPS) is 16.5. The quantitative estimate of drug-likeness (QED) is 0.793. The fourth-order valence-corrected chi connectivity index (χ4v) is 3.85. The molecule has 140 valence electrons. The largest absolute Gasteiger partial charge is 0.376 e. The number of hydrogen-bond donors (Lipinski definition) is 2. The molecule has 1 aliphatic heterocycles. The van der Waals surface area contributed by atoms with Crippen LogP contribution in [0.5, 0.6) is 0 Å². The highest BCUT2D eigenvalue weighted by Gasteiger charge is 2.18. The van der Waals surface area contributed by atoms with Gasteiger partial charge in [0.15, 0.2) is 0 Å². The molecule has 1 unspecified atom stereocenters. The number of anilines is 1. The molecule has 1 atom stereocenters. The van der Waals surface area contributed by atoms with Crippen molar-refractivity contribution in [3.8, 4) is 6.07 Å². The third kappa shape index (κ3) is 4.64. The minimum atomic E-state index is -3.87. The van der Waals surface area contributed by atoms with Crippen molar-refractivity contribution in [2.75, 3.05) is 17.9 Å². The maximum Gasteiger partial charge on any atom is 0.261 e.